The molecule has 3 heteroatoms. The molecule has 1 unspecified atom stereocenters. The van der Waals surface area contributed by atoms with Gasteiger partial charge in [0.05, 0.1) is 0 Å². The van der Waals surface area contributed by atoms with Crippen LogP contribution in [0.5, 0.6) is 0 Å². The maximum absolute atomic E-state index is 8.69. The van der Waals surface area contributed by atoms with Gasteiger partial charge in [0.15, 0.2) is 0 Å². The first kappa shape index (κ1) is 14.6. The van der Waals surface area contributed by atoms with Crippen molar-refractivity contribution in [1.82, 2.24) is 4.90 Å². The first-order valence-electron chi connectivity index (χ1n) is 6.88. The summed E-state index contributed by atoms with van der Waals surface area (Å²) in [5.41, 5.74) is 1.45. The van der Waals surface area contributed by atoms with Crippen molar-refractivity contribution >= 4 is 11.3 Å². The number of rotatable bonds is 2. The lowest BCUT2D eigenvalue weighted by atomic mass is 9.80. The minimum Gasteiger partial charge on any atom is -0.384 e. The highest BCUT2D eigenvalue weighted by molar-refractivity contribution is 7.10. The minimum atomic E-state index is -0.0649. The van der Waals surface area contributed by atoms with E-state index in [4.69, 9.17) is 5.11 Å². The Labute approximate surface area is 120 Å². The lowest BCUT2D eigenvalue weighted by Crippen LogP contribution is -2.25. The molecule has 0 spiro atoms. The zero-order chi connectivity index (χ0) is 13.9. The maximum Gasteiger partial charge on any atom is 0.104 e. The second-order valence-corrected chi connectivity index (χ2v) is 7.34. The Morgan fingerprint density at radius 1 is 1.47 bits per heavy atom. The first-order valence-corrected chi connectivity index (χ1v) is 7.76. The molecule has 1 saturated heterocycles. The van der Waals surface area contributed by atoms with Gasteiger partial charge >= 0.3 is 0 Å². The zero-order valence-corrected chi connectivity index (χ0v) is 12.9. The van der Waals surface area contributed by atoms with E-state index in [1.54, 1.807) is 11.3 Å². The van der Waals surface area contributed by atoms with Gasteiger partial charge in [-0.2, -0.15) is 0 Å². The molecule has 0 aromatic carbocycles. The highest BCUT2D eigenvalue weighted by atomic mass is 32.1. The van der Waals surface area contributed by atoms with Gasteiger partial charge in [0.1, 0.15) is 6.61 Å². The summed E-state index contributed by atoms with van der Waals surface area (Å²) in [7, 11) is 0. The van der Waals surface area contributed by atoms with Crippen LogP contribution in [0.15, 0.2) is 11.4 Å². The summed E-state index contributed by atoms with van der Waals surface area (Å²) in [5.74, 6) is 6.47. The number of thiophene rings is 1. The van der Waals surface area contributed by atoms with Gasteiger partial charge in [-0.15, -0.1) is 11.3 Å². The van der Waals surface area contributed by atoms with Crippen LogP contribution < -0.4 is 0 Å². The van der Waals surface area contributed by atoms with Crippen molar-refractivity contribution in [1.29, 1.82) is 0 Å². The van der Waals surface area contributed by atoms with Gasteiger partial charge < -0.3 is 5.11 Å². The van der Waals surface area contributed by atoms with Gasteiger partial charge in [-0.1, -0.05) is 32.6 Å². The van der Waals surface area contributed by atoms with Gasteiger partial charge in [0.2, 0.25) is 0 Å². The standard InChI is InChI=1S/C16H23NOS/c1-16(2,3)14-6-7-17(10-14)11-15-9-13(12-19-15)5-4-8-18/h9,12,14,18H,6-8,10-11H2,1-3H3. The van der Waals surface area contributed by atoms with Crippen LogP contribution in [0, 0.1) is 23.2 Å². The molecule has 0 radical (unpaired) electrons. The number of hydrogen-bond donors (Lipinski definition) is 1. The first-order chi connectivity index (χ1) is 8.99. The normalized spacial score (nSPS) is 20.3. The molecule has 19 heavy (non-hydrogen) atoms. The molecule has 1 N–H and O–H groups in total. The molecule has 0 bridgehead atoms. The van der Waals surface area contributed by atoms with Crippen molar-refractivity contribution in [2.24, 2.45) is 11.3 Å². The molecule has 104 valence electrons. The summed E-state index contributed by atoms with van der Waals surface area (Å²) in [6.07, 6.45) is 1.31. The Morgan fingerprint density at radius 3 is 2.89 bits per heavy atom. The van der Waals surface area contributed by atoms with Gasteiger partial charge in [-0.25, -0.2) is 0 Å². The smallest absolute Gasteiger partial charge is 0.104 e. The van der Waals surface area contributed by atoms with Crippen molar-refractivity contribution < 1.29 is 5.11 Å². The molecule has 1 aromatic rings. The van der Waals surface area contributed by atoms with Crippen molar-refractivity contribution in [2.75, 3.05) is 19.7 Å². The van der Waals surface area contributed by atoms with E-state index in [9.17, 15) is 0 Å². The van der Waals surface area contributed by atoms with E-state index in [1.165, 1.54) is 24.4 Å². The van der Waals surface area contributed by atoms with Crippen LogP contribution in [0.25, 0.3) is 0 Å². The summed E-state index contributed by atoms with van der Waals surface area (Å²) >= 11 is 1.77. The predicted octanol–water partition coefficient (Wildman–Crippen LogP) is 2.96. The summed E-state index contributed by atoms with van der Waals surface area (Å²) in [4.78, 5) is 3.92. The molecule has 1 aliphatic heterocycles. The van der Waals surface area contributed by atoms with Gasteiger partial charge in [0, 0.05) is 28.9 Å². The molecule has 2 nitrogen and oxygen atoms in total. The van der Waals surface area contributed by atoms with Crippen molar-refractivity contribution in [3.8, 4) is 11.8 Å². The van der Waals surface area contributed by atoms with E-state index in [0.717, 1.165) is 18.0 Å². The van der Waals surface area contributed by atoms with Crippen LogP contribution in [0.1, 0.15) is 37.6 Å². The highest BCUT2D eigenvalue weighted by Crippen LogP contribution is 2.34. The Balaban J connectivity index is 1.91. The van der Waals surface area contributed by atoms with Gasteiger partial charge in [-0.3, -0.25) is 4.90 Å². The third kappa shape index (κ3) is 4.07. The summed E-state index contributed by atoms with van der Waals surface area (Å²) in [5, 5.41) is 10.8. The second-order valence-electron chi connectivity index (χ2n) is 6.35. The number of aliphatic hydroxyl groups is 1. The Bertz CT molecular complexity index is 475. The lowest BCUT2D eigenvalue weighted by molar-refractivity contribution is 0.227. The molecule has 1 atom stereocenters. The average molecular weight is 277 g/mol. The number of likely N-dealkylation sites (tertiary alicyclic amines) is 1. The monoisotopic (exact) mass is 277 g/mol. The van der Waals surface area contributed by atoms with Crippen LogP contribution >= 0.6 is 11.3 Å². The summed E-state index contributed by atoms with van der Waals surface area (Å²) in [6, 6.07) is 2.15. The molecule has 1 aliphatic rings. The molecule has 1 aromatic heterocycles. The van der Waals surface area contributed by atoms with Crippen LogP contribution in [-0.4, -0.2) is 29.7 Å². The van der Waals surface area contributed by atoms with Crippen molar-refractivity contribution in [3.05, 3.63) is 21.9 Å². The fourth-order valence-electron chi connectivity index (χ4n) is 2.57. The van der Waals surface area contributed by atoms with E-state index in [-0.39, 0.29) is 6.61 Å². The van der Waals surface area contributed by atoms with Crippen molar-refractivity contribution in [3.63, 3.8) is 0 Å². The minimum absolute atomic E-state index is 0.0649. The Hall–Kier alpha value is -0.820. The average Bonchev–Trinajstić information content (AvgIpc) is 2.95. The van der Waals surface area contributed by atoms with E-state index in [1.807, 2.05) is 0 Å². The van der Waals surface area contributed by atoms with E-state index in [2.05, 4.69) is 49.0 Å². The highest BCUT2D eigenvalue weighted by Gasteiger charge is 2.31. The Morgan fingerprint density at radius 2 is 2.26 bits per heavy atom. The third-order valence-electron chi connectivity index (χ3n) is 3.84. The fourth-order valence-corrected chi connectivity index (χ4v) is 3.43. The van der Waals surface area contributed by atoms with Crippen LogP contribution in [-0.2, 0) is 6.54 Å². The molecule has 1 fully saturated rings. The molecule has 0 saturated carbocycles. The SMILES string of the molecule is CC(C)(C)C1CCN(Cc2cc(C#CCO)cs2)C1. The predicted molar refractivity (Wildman–Crippen MR) is 81.1 cm³/mol. The molecular formula is C16H23NOS. The van der Waals surface area contributed by atoms with Crippen LogP contribution in [0.4, 0.5) is 0 Å². The van der Waals surface area contributed by atoms with E-state index < -0.39 is 0 Å². The number of aliphatic hydroxyl groups excluding tert-OH is 1. The quantitative estimate of drug-likeness (QED) is 0.840. The van der Waals surface area contributed by atoms with Gasteiger partial charge in [-0.05, 0) is 30.4 Å². The van der Waals surface area contributed by atoms with Crippen LogP contribution in [0.2, 0.25) is 0 Å². The third-order valence-corrected chi connectivity index (χ3v) is 4.76. The second kappa shape index (κ2) is 6.09. The topological polar surface area (TPSA) is 23.5 Å². The lowest BCUT2D eigenvalue weighted by Gasteiger charge is -2.27. The summed E-state index contributed by atoms with van der Waals surface area (Å²) in [6.45, 7) is 10.4. The van der Waals surface area contributed by atoms with Crippen molar-refractivity contribution in [2.45, 2.75) is 33.7 Å². The molecule has 0 amide bonds. The van der Waals surface area contributed by atoms with Crippen LogP contribution in [0.3, 0.4) is 0 Å². The Kier molecular flexibility index (Phi) is 4.67. The zero-order valence-electron chi connectivity index (χ0n) is 12.1. The molecule has 0 aliphatic carbocycles. The number of nitrogens with zero attached hydrogens (tertiary/aromatic N) is 1. The molecule has 2 heterocycles. The number of hydrogen-bond acceptors (Lipinski definition) is 3. The maximum atomic E-state index is 8.69. The molecule has 2 rings (SSSR count). The van der Waals surface area contributed by atoms with E-state index >= 15 is 0 Å². The summed E-state index contributed by atoms with van der Waals surface area (Å²) < 4.78 is 0. The molecular weight excluding hydrogens is 254 g/mol. The fraction of sp³-hybridized carbons (Fsp3) is 0.625. The van der Waals surface area contributed by atoms with Gasteiger partial charge in [0.25, 0.3) is 0 Å². The van der Waals surface area contributed by atoms with E-state index in [0.29, 0.717) is 5.41 Å². The largest absolute Gasteiger partial charge is 0.384 e.